The highest BCUT2D eigenvalue weighted by atomic mass is 19.4. The summed E-state index contributed by atoms with van der Waals surface area (Å²) < 4.78 is 42.6. The summed E-state index contributed by atoms with van der Waals surface area (Å²) in [6.07, 6.45) is -2.83. The second kappa shape index (κ2) is 6.71. The summed E-state index contributed by atoms with van der Waals surface area (Å²) in [5.74, 6) is 0. The van der Waals surface area contributed by atoms with Gasteiger partial charge in [0.1, 0.15) is 11.4 Å². The molecule has 0 saturated carbocycles. The van der Waals surface area contributed by atoms with Crippen LogP contribution in [-0.2, 0) is 12.7 Å². The molecule has 4 rings (SSSR count). The summed E-state index contributed by atoms with van der Waals surface area (Å²) in [7, 11) is 0. The van der Waals surface area contributed by atoms with E-state index in [0.717, 1.165) is 16.3 Å². The predicted molar refractivity (Wildman–Crippen MR) is 93.1 cm³/mol. The number of hydrogen-bond acceptors (Lipinski definition) is 3. The zero-order valence-corrected chi connectivity index (χ0v) is 14.0. The highest BCUT2D eigenvalue weighted by Crippen LogP contribution is 2.31. The van der Waals surface area contributed by atoms with Gasteiger partial charge in [-0.05, 0) is 18.2 Å². The van der Waals surface area contributed by atoms with Crippen LogP contribution in [0, 0.1) is 0 Å². The van der Waals surface area contributed by atoms with Gasteiger partial charge in [-0.3, -0.25) is 0 Å². The van der Waals surface area contributed by atoms with E-state index in [2.05, 4.69) is 15.4 Å². The van der Waals surface area contributed by atoms with E-state index in [9.17, 15) is 13.2 Å². The molecule has 0 spiro atoms. The summed E-state index contributed by atoms with van der Waals surface area (Å²) in [6.45, 7) is 0.0861. The SMILES string of the molecule is FC(F)(F)c1cc(Cn2cc(-c3ccccc3)nn2)nn1-c1ccccc1. The Labute approximate surface area is 152 Å². The van der Waals surface area contributed by atoms with E-state index in [4.69, 9.17) is 0 Å². The van der Waals surface area contributed by atoms with Crippen molar-refractivity contribution in [2.45, 2.75) is 12.7 Å². The molecule has 2 aromatic heterocycles. The highest BCUT2D eigenvalue weighted by molar-refractivity contribution is 5.57. The van der Waals surface area contributed by atoms with E-state index in [0.29, 0.717) is 11.4 Å². The van der Waals surface area contributed by atoms with Gasteiger partial charge in [0.05, 0.1) is 24.1 Å². The maximum atomic E-state index is 13.4. The normalized spacial score (nSPS) is 11.7. The number of para-hydroxylation sites is 1. The van der Waals surface area contributed by atoms with E-state index in [1.54, 1.807) is 36.5 Å². The standard InChI is InChI=1S/C19H14F3N5/c20-19(21,22)18-11-15(24-27(18)16-9-5-2-6-10-16)12-26-13-17(23-25-26)14-7-3-1-4-8-14/h1-11,13H,12H2. The average Bonchev–Trinajstić information content (AvgIpc) is 3.31. The van der Waals surface area contributed by atoms with E-state index >= 15 is 0 Å². The molecule has 0 unspecified atom stereocenters. The Balaban J connectivity index is 1.65. The quantitative estimate of drug-likeness (QED) is 0.542. The maximum absolute atomic E-state index is 13.4. The first-order valence-electron chi connectivity index (χ1n) is 8.18. The molecule has 0 N–H and O–H groups in total. The van der Waals surface area contributed by atoms with Crippen molar-refractivity contribution in [2.75, 3.05) is 0 Å². The summed E-state index contributed by atoms with van der Waals surface area (Å²) in [6, 6.07) is 18.7. The summed E-state index contributed by atoms with van der Waals surface area (Å²) in [5, 5.41) is 12.2. The lowest BCUT2D eigenvalue weighted by Gasteiger charge is -2.09. The molecule has 136 valence electrons. The topological polar surface area (TPSA) is 48.5 Å². The van der Waals surface area contributed by atoms with Gasteiger partial charge in [-0.25, -0.2) is 9.36 Å². The third-order valence-corrected chi connectivity index (χ3v) is 3.98. The highest BCUT2D eigenvalue weighted by Gasteiger charge is 2.36. The van der Waals surface area contributed by atoms with Gasteiger partial charge < -0.3 is 0 Å². The smallest absolute Gasteiger partial charge is 0.246 e. The zero-order valence-electron chi connectivity index (χ0n) is 14.0. The van der Waals surface area contributed by atoms with Crippen LogP contribution in [0.4, 0.5) is 13.2 Å². The fourth-order valence-electron chi connectivity index (χ4n) is 2.76. The Morgan fingerprint density at radius 1 is 0.889 bits per heavy atom. The fourth-order valence-corrected chi connectivity index (χ4v) is 2.76. The number of benzene rings is 2. The van der Waals surface area contributed by atoms with Gasteiger partial charge in [0.2, 0.25) is 0 Å². The predicted octanol–water partition coefficient (Wildman–Crippen LogP) is 4.20. The van der Waals surface area contributed by atoms with Crippen molar-refractivity contribution in [3.05, 3.63) is 84.3 Å². The molecule has 0 aliphatic rings. The molecular weight excluding hydrogens is 355 g/mol. The maximum Gasteiger partial charge on any atom is 0.433 e. The summed E-state index contributed by atoms with van der Waals surface area (Å²) in [4.78, 5) is 0. The molecule has 0 aliphatic heterocycles. The summed E-state index contributed by atoms with van der Waals surface area (Å²) in [5.41, 5.74) is 1.30. The molecule has 2 heterocycles. The monoisotopic (exact) mass is 369 g/mol. The lowest BCUT2D eigenvalue weighted by atomic mass is 10.2. The van der Waals surface area contributed by atoms with Gasteiger partial charge >= 0.3 is 6.18 Å². The van der Waals surface area contributed by atoms with Gasteiger partial charge in [-0.2, -0.15) is 18.3 Å². The molecule has 5 nitrogen and oxygen atoms in total. The lowest BCUT2D eigenvalue weighted by Crippen LogP contribution is -2.13. The first kappa shape index (κ1) is 17.0. The van der Waals surface area contributed by atoms with Crippen LogP contribution < -0.4 is 0 Å². The lowest BCUT2D eigenvalue weighted by molar-refractivity contribution is -0.142. The van der Waals surface area contributed by atoms with E-state index in [1.807, 2.05) is 30.3 Å². The van der Waals surface area contributed by atoms with E-state index in [-0.39, 0.29) is 12.2 Å². The van der Waals surface area contributed by atoms with Crippen LogP contribution in [0.25, 0.3) is 16.9 Å². The van der Waals surface area contributed by atoms with Gasteiger partial charge in [0, 0.05) is 5.56 Å². The Kier molecular flexibility index (Phi) is 4.23. The van der Waals surface area contributed by atoms with Crippen LogP contribution in [0.1, 0.15) is 11.4 Å². The molecule has 0 bridgehead atoms. The van der Waals surface area contributed by atoms with Gasteiger partial charge in [-0.1, -0.05) is 53.7 Å². The Bertz CT molecular complexity index is 1040. The minimum Gasteiger partial charge on any atom is -0.246 e. The molecule has 0 radical (unpaired) electrons. The molecular formula is C19H14F3N5. The molecule has 0 aliphatic carbocycles. The minimum absolute atomic E-state index is 0.0861. The largest absolute Gasteiger partial charge is 0.433 e. The molecule has 4 aromatic rings. The first-order chi connectivity index (χ1) is 13.0. The zero-order chi connectivity index (χ0) is 18.9. The molecule has 2 aromatic carbocycles. The molecule has 0 amide bonds. The van der Waals surface area contributed by atoms with E-state index in [1.165, 1.54) is 4.68 Å². The minimum atomic E-state index is -4.52. The number of rotatable bonds is 4. The van der Waals surface area contributed by atoms with Crippen molar-refractivity contribution in [1.82, 2.24) is 24.8 Å². The molecule has 0 fully saturated rings. The summed E-state index contributed by atoms with van der Waals surface area (Å²) >= 11 is 0. The second-order valence-corrected chi connectivity index (χ2v) is 5.93. The van der Waals surface area contributed by atoms with Gasteiger partial charge in [0.15, 0.2) is 0 Å². The van der Waals surface area contributed by atoms with Crippen LogP contribution in [0.2, 0.25) is 0 Å². The van der Waals surface area contributed by atoms with Crippen LogP contribution >= 0.6 is 0 Å². The van der Waals surface area contributed by atoms with Crippen LogP contribution in [-0.4, -0.2) is 24.8 Å². The number of alkyl halides is 3. The third-order valence-electron chi connectivity index (χ3n) is 3.98. The second-order valence-electron chi connectivity index (χ2n) is 5.93. The van der Waals surface area contributed by atoms with E-state index < -0.39 is 11.9 Å². The van der Waals surface area contributed by atoms with Crippen LogP contribution in [0.5, 0.6) is 0 Å². The number of halogens is 3. The van der Waals surface area contributed by atoms with Crippen molar-refractivity contribution in [2.24, 2.45) is 0 Å². The number of nitrogens with zero attached hydrogens (tertiary/aromatic N) is 5. The number of aromatic nitrogens is 5. The molecule has 27 heavy (non-hydrogen) atoms. The van der Waals surface area contributed by atoms with Crippen molar-refractivity contribution in [3.8, 4) is 16.9 Å². The molecule has 0 saturated heterocycles. The van der Waals surface area contributed by atoms with Crippen molar-refractivity contribution in [1.29, 1.82) is 0 Å². The van der Waals surface area contributed by atoms with Crippen LogP contribution in [0.3, 0.4) is 0 Å². The molecule has 8 heteroatoms. The van der Waals surface area contributed by atoms with Crippen LogP contribution in [0.15, 0.2) is 72.9 Å². The van der Waals surface area contributed by atoms with Crippen molar-refractivity contribution in [3.63, 3.8) is 0 Å². The van der Waals surface area contributed by atoms with Gasteiger partial charge in [-0.15, -0.1) is 5.10 Å². The fraction of sp³-hybridized carbons (Fsp3) is 0.105. The number of hydrogen-bond donors (Lipinski definition) is 0. The van der Waals surface area contributed by atoms with Crippen molar-refractivity contribution < 1.29 is 13.2 Å². The Morgan fingerprint density at radius 3 is 2.22 bits per heavy atom. The first-order valence-corrected chi connectivity index (χ1v) is 8.18. The Hall–Kier alpha value is -3.42. The third kappa shape index (κ3) is 3.59. The van der Waals surface area contributed by atoms with Gasteiger partial charge in [0.25, 0.3) is 0 Å². The average molecular weight is 369 g/mol. The molecule has 0 atom stereocenters. The van der Waals surface area contributed by atoms with Crippen molar-refractivity contribution >= 4 is 0 Å². The Morgan fingerprint density at radius 2 is 1.56 bits per heavy atom.